The first kappa shape index (κ1) is 17.0. The fourth-order valence-corrected chi connectivity index (χ4v) is 2.25. The van der Waals surface area contributed by atoms with Crippen LogP contribution < -0.4 is 0 Å². The van der Waals surface area contributed by atoms with Crippen molar-refractivity contribution in [3.8, 4) is 11.5 Å². The quantitative estimate of drug-likeness (QED) is 0.622. The molecule has 0 heterocycles. The summed E-state index contributed by atoms with van der Waals surface area (Å²) in [6.45, 7) is 5.73. The van der Waals surface area contributed by atoms with Crippen LogP contribution in [0.4, 0.5) is 0 Å². The van der Waals surface area contributed by atoms with Gasteiger partial charge in [0.2, 0.25) is 0 Å². The average Bonchev–Trinajstić information content (AvgIpc) is 2.38. The first-order chi connectivity index (χ1) is 9.76. The van der Waals surface area contributed by atoms with Gasteiger partial charge in [-0.25, -0.2) is 4.79 Å². The number of carbonyl (C=O) groups excluding carboxylic acids is 2. The van der Waals surface area contributed by atoms with Crippen LogP contribution in [-0.4, -0.2) is 29.1 Å². The lowest BCUT2D eigenvalue weighted by molar-refractivity contribution is -0.120. The molecule has 1 rings (SSSR count). The number of esters is 1. The van der Waals surface area contributed by atoms with E-state index >= 15 is 0 Å². The second kappa shape index (κ2) is 7.11. The highest BCUT2D eigenvalue weighted by molar-refractivity contribution is 5.93. The second-order valence-corrected chi connectivity index (χ2v) is 5.66. The Morgan fingerprint density at radius 2 is 1.71 bits per heavy atom. The van der Waals surface area contributed by atoms with Crippen LogP contribution in [-0.2, 0) is 9.53 Å². The van der Waals surface area contributed by atoms with Crippen molar-refractivity contribution < 1.29 is 24.5 Å². The molecule has 0 aliphatic carbocycles. The molecule has 1 aromatic rings. The Morgan fingerprint density at radius 1 is 1.10 bits per heavy atom. The predicted molar refractivity (Wildman–Crippen MR) is 78.6 cm³/mol. The molecule has 0 bridgehead atoms. The van der Waals surface area contributed by atoms with E-state index in [9.17, 15) is 19.8 Å². The SMILES string of the molecule is COC(=O)c1cc(O)c([C@@H](C)CC(=O)CC(C)C)cc1O. The smallest absolute Gasteiger partial charge is 0.341 e. The number of Topliss-reactive ketones (excluding diaryl/α,β-unsaturated/α-hetero) is 1. The van der Waals surface area contributed by atoms with Gasteiger partial charge in [0.15, 0.2) is 0 Å². The Morgan fingerprint density at radius 3 is 2.24 bits per heavy atom. The highest BCUT2D eigenvalue weighted by atomic mass is 16.5. The third-order valence-electron chi connectivity index (χ3n) is 3.25. The molecule has 0 amide bonds. The number of hydrogen-bond donors (Lipinski definition) is 2. The Labute approximate surface area is 124 Å². The number of ether oxygens (including phenoxy) is 1. The lowest BCUT2D eigenvalue weighted by atomic mass is 9.91. The summed E-state index contributed by atoms with van der Waals surface area (Å²) in [6.07, 6.45) is 0.764. The molecule has 1 atom stereocenters. The molecule has 2 N–H and O–H groups in total. The van der Waals surface area contributed by atoms with Crippen LogP contribution in [0.5, 0.6) is 11.5 Å². The average molecular weight is 294 g/mol. The predicted octanol–water partition coefficient (Wildman–Crippen LogP) is 2.99. The van der Waals surface area contributed by atoms with Crippen LogP contribution in [0, 0.1) is 5.92 Å². The zero-order valence-corrected chi connectivity index (χ0v) is 12.8. The van der Waals surface area contributed by atoms with Crippen molar-refractivity contribution in [1.82, 2.24) is 0 Å². The van der Waals surface area contributed by atoms with Gasteiger partial charge in [-0.1, -0.05) is 20.8 Å². The molecule has 0 saturated heterocycles. The van der Waals surface area contributed by atoms with Crippen LogP contribution in [0.1, 0.15) is 55.5 Å². The van der Waals surface area contributed by atoms with Crippen LogP contribution in [0.25, 0.3) is 0 Å². The molecule has 0 radical (unpaired) electrons. The van der Waals surface area contributed by atoms with Gasteiger partial charge in [-0.2, -0.15) is 0 Å². The van der Waals surface area contributed by atoms with Gasteiger partial charge < -0.3 is 14.9 Å². The van der Waals surface area contributed by atoms with E-state index in [1.54, 1.807) is 6.92 Å². The summed E-state index contributed by atoms with van der Waals surface area (Å²) < 4.78 is 4.52. The summed E-state index contributed by atoms with van der Waals surface area (Å²) in [4.78, 5) is 23.3. The minimum Gasteiger partial charge on any atom is -0.508 e. The molecule has 1 aromatic carbocycles. The van der Waals surface area contributed by atoms with Crippen molar-refractivity contribution >= 4 is 11.8 Å². The first-order valence-electron chi connectivity index (χ1n) is 6.92. The number of phenolic OH excluding ortho intramolecular Hbond substituents is 2. The van der Waals surface area contributed by atoms with Crippen molar-refractivity contribution in [3.63, 3.8) is 0 Å². The minimum atomic E-state index is -0.724. The lowest BCUT2D eigenvalue weighted by Gasteiger charge is -2.15. The standard InChI is InChI=1S/C16H22O5/c1-9(2)5-11(17)6-10(3)12-7-15(19)13(8-14(12)18)16(20)21-4/h7-10,18-19H,5-6H2,1-4H3/t10-/m0/s1. The van der Waals surface area contributed by atoms with E-state index in [0.29, 0.717) is 12.0 Å². The number of ketones is 1. The molecule has 0 unspecified atom stereocenters. The van der Waals surface area contributed by atoms with Gasteiger partial charge in [0.25, 0.3) is 0 Å². The van der Waals surface area contributed by atoms with Gasteiger partial charge in [-0.05, 0) is 24.0 Å². The maximum absolute atomic E-state index is 11.8. The maximum Gasteiger partial charge on any atom is 0.341 e. The fourth-order valence-electron chi connectivity index (χ4n) is 2.25. The molecule has 0 fully saturated rings. The Balaban J connectivity index is 2.96. The Bertz CT molecular complexity index is 534. The highest BCUT2D eigenvalue weighted by Crippen LogP contribution is 2.34. The van der Waals surface area contributed by atoms with E-state index in [0.717, 1.165) is 0 Å². The van der Waals surface area contributed by atoms with Gasteiger partial charge in [0.05, 0.1) is 7.11 Å². The molecule has 0 aliphatic heterocycles. The molecule has 5 heteroatoms. The van der Waals surface area contributed by atoms with E-state index in [1.165, 1.54) is 19.2 Å². The van der Waals surface area contributed by atoms with Crippen molar-refractivity contribution in [2.75, 3.05) is 7.11 Å². The van der Waals surface area contributed by atoms with Crippen molar-refractivity contribution in [1.29, 1.82) is 0 Å². The number of carbonyl (C=O) groups is 2. The monoisotopic (exact) mass is 294 g/mol. The van der Waals surface area contributed by atoms with Crippen LogP contribution in [0.15, 0.2) is 12.1 Å². The van der Waals surface area contributed by atoms with Crippen LogP contribution in [0.3, 0.4) is 0 Å². The molecule has 0 spiro atoms. The number of rotatable bonds is 6. The Hall–Kier alpha value is -2.04. The third kappa shape index (κ3) is 4.48. The summed E-state index contributed by atoms with van der Waals surface area (Å²) >= 11 is 0. The molecular formula is C16H22O5. The largest absolute Gasteiger partial charge is 0.508 e. The number of phenols is 2. The van der Waals surface area contributed by atoms with Gasteiger partial charge in [-0.15, -0.1) is 0 Å². The fraction of sp³-hybridized carbons (Fsp3) is 0.500. The van der Waals surface area contributed by atoms with Gasteiger partial charge in [0, 0.05) is 18.4 Å². The molecule has 21 heavy (non-hydrogen) atoms. The minimum absolute atomic E-state index is 0.0977. The van der Waals surface area contributed by atoms with E-state index in [2.05, 4.69) is 4.74 Å². The second-order valence-electron chi connectivity index (χ2n) is 5.66. The third-order valence-corrected chi connectivity index (χ3v) is 3.25. The molecule has 0 aromatic heterocycles. The zero-order chi connectivity index (χ0) is 16.2. The molecule has 0 saturated carbocycles. The summed E-state index contributed by atoms with van der Waals surface area (Å²) in [5, 5.41) is 19.8. The number of hydrogen-bond acceptors (Lipinski definition) is 5. The normalized spacial score (nSPS) is 12.2. The van der Waals surface area contributed by atoms with Crippen molar-refractivity contribution in [3.05, 3.63) is 23.3 Å². The maximum atomic E-state index is 11.8. The summed E-state index contributed by atoms with van der Waals surface area (Å²) in [5.74, 6) is -0.968. The summed E-state index contributed by atoms with van der Waals surface area (Å²) in [7, 11) is 1.19. The Kier molecular flexibility index (Phi) is 5.76. The number of aromatic hydroxyl groups is 2. The van der Waals surface area contributed by atoms with Crippen molar-refractivity contribution in [2.24, 2.45) is 5.92 Å². The molecular weight excluding hydrogens is 272 g/mol. The molecule has 116 valence electrons. The van der Waals surface area contributed by atoms with Crippen LogP contribution >= 0.6 is 0 Å². The number of methoxy groups -OCH3 is 1. The lowest BCUT2D eigenvalue weighted by Crippen LogP contribution is -2.08. The highest BCUT2D eigenvalue weighted by Gasteiger charge is 2.20. The number of benzene rings is 1. The summed E-state index contributed by atoms with van der Waals surface area (Å²) in [6, 6.07) is 2.48. The van der Waals surface area contributed by atoms with Gasteiger partial charge in [-0.3, -0.25) is 4.79 Å². The topological polar surface area (TPSA) is 83.8 Å². The van der Waals surface area contributed by atoms with E-state index in [4.69, 9.17) is 0 Å². The molecule has 5 nitrogen and oxygen atoms in total. The van der Waals surface area contributed by atoms with Gasteiger partial charge in [0.1, 0.15) is 22.8 Å². The summed E-state index contributed by atoms with van der Waals surface area (Å²) in [5.41, 5.74) is 0.344. The van der Waals surface area contributed by atoms with E-state index in [1.807, 2.05) is 13.8 Å². The van der Waals surface area contributed by atoms with Crippen LogP contribution in [0.2, 0.25) is 0 Å². The first-order valence-corrected chi connectivity index (χ1v) is 6.92. The van der Waals surface area contributed by atoms with Gasteiger partial charge >= 0.3 is 5.97 Å². The van der Waals surface area contributed by atoms with Crippen molar-refractivity contribution in [2.45, 2.75) is 39.5 Å². The zero-order valence-electron chi connectivity index (χ0n) is 12.8. The molecule has 0 aliphatic rings. The van der Waals surface area contributed by atoms with E-state index < -0.39 is 5.97 Å². The van der Waals surface area contributed by atoms with E-state index in [-0.39, 0.29) is 41.1 Å².